The fraction of sp³-hybridized carbons (Fsp3) is 0.500. The topological polar surface area (TPSA) is 118 Å². The van der Waals surface area contributed by atoms with Crippen LogP contribution in [-0.2, 0) is 9.26 Å². The van der Waals surface area contributed by atoms with Crippen molar-refractivity contribution >= 4 is 8.60 Å². The molecule has 1 aromatic rings. The fourth-order valence-corrected chi connectivity index (χ4v) is 2.16. The third kappa shape index (κ3) is 4.24. The third-order valence-electron chi connectivity index (χ3n) is 2.98. The van der Waals surface area contributed by atoms with Gasteiger partial charge in [0.1, 0.15) is 29.8 Å². The van der Waals surface area contributed by atoms with E-state index in [0.717, 1.165) is 0 Å². The first-order valence-corrected chi connectivity index (χ1v) is 7.31. The van der Waals surface area contributed by atoms with Crippen LogP contribution in [0.4, 0.5) is 0 Å². The molecule has 1 heterocycles. The van der Waals surface area contributed by atoms with Crippen LogP contribution in [0.5, 0.6) is 11.5 Å². The standard InChI is InChI=1S/C12H17O8P/c1-17-7-2-4-8(5-3-7)19-12-11(14)10(13)9(20-12)6-18-21(15)16/h2-5,9-16H,6H2,1H3/t9-,10-,11-,12-/m1/s1. The molecule has 0 unspecified atom stereocenters. The highest BCUT2D eigenvalue weighted by Gasteiger charge is 2.44. The first-order chi connectivity index (χ1) is 10.0. The average molecular weight is 320 g/mol. The lowest BCUT2D eigenvalue weighted by molar-refractivity contribution is -0.115. The van der Waals surface area contributed by atoms with Gasteiger partial charge in [-0.05, 0) is 24.3 Å². The van der Waals surface area contributed by atoms with E-state index in [9.17, 15) is 10.2 Å². The maximum absolute atomic E-state index is 9.86. The number of aliphatic hydroxyl groups excluding tert-OH is 2. The zero-order valence-electron chi connectivity index (χ0n) is 11.2. The summed E-state index contributed by atoms with van der Waals surface area (Å²) in [4.78, 5) is 17.3. The molecule has 1 aromatic carbocycles. The largest absolute Gasteiger partial charge is 0.497 e. The van der Waals surface area contributed by atoms with Crippen molar-refractivity contribution in [2.24, 2.45) is 0 Å². The summed E-state index contributed by atoms with van der Waals surface area (Å²) in [6.07, 6.45) is -4.51. The van der Waals surface area contributed by atoms with E-state index in [1.54, 1.807) is 24.3 Å². The van der Waals surface area contributed by atoms with Crippen molar-refractivity contribution in [2.45, 2.75) is 24.6 Å². The van der Waals surface area contributed by atoms with Gasteiger partial charge in [0.05, 0.1) is 13.7 Å². The van der Waals surface area contributed by atoms with Crippen molar-refractivity contribution in [3.05, 3.63) is 24.3 Å². The van der Waals surface area contributed by atoms with E-state index in [4.69, 9.17) is 24.0 Å². The summed E-state index contributed by atoms with van der Waals surface area (Å²) in [6, 6.07) is 6.62. The molecule has 0 spiro atoms. The highest BCUT2D eigenvalue weighted by atomic mass is 31.2. The Morgan fingerprint density at radius 1 is 1.10 bits per heavy atom. The minimum absolute atomic E-state index is 0.264. The molecule has 2 rings (SSSR count). The van der Waals surface area contributed by atoms with Crippen molar-refractivity contribution in [1.82, 2.24) is 0 Å². The van der Waals surface area contributed by atoms with E-state index < -0.39 is 33.2 Å². The van der Waals surface area contributed by atoms with Gasteiger partial charge in [0, 0.05) is 0 Å². The SMILES string of the molecule is COc1ccc(O[C@@H]2O[C@H](COP(O)O)[C@@H](O)[C@H]2O)cc1. The molecule has 0 aromatic heterocycles. The van der Waals surface area contributed by atoms with Crippen molar-refractivity contribution in [2.75, 3.05) is 13.7 Å². The van der Waals surface area contributed by atoms with Gasteiger partial charge in [-0.15, -0.1) is 0 Å². The molecule has 21 heavy (non-hydrogen) atoms. The van der Waals surface area contributed by atoms with Crippen LogP contribution in [0.25, 0.3) is 0 Å². The maximum Gasteiger partial charge on any atom is 0.327 e. The molecule has 1 aliphatic heterocycles. The van der Waals surface area contributed by atoms with E-state index in [1.165, 1.54) is 7.11 Å². The Morgan fingerprint density at radius 3 is 2.29 bits per heavy atom. The Bertz CT molecular complexity index is 439. The Kier molecular flexibility index (Phi) is 5.72. The maximum atomic E-state index is 9.86. The smallest absolute Gasteiger partial charge is 0.327 e. The molecule has 1 saturated heterocycles. The second-order valence-corrected chi connectivity index (χ2v) is 5.13. The molecule has 1 aliphatic rings. The first-order valence-electron chi connectivity index (χ1n) is 6.14. The molecule has 4 N–H and O–H groups in total. The summed E-state index contributed by atoms with van der Waals surface area (Å²) in [5.41, 5.74) is 0. The zero-order valence-corrected chi connectivity index (χ0v) is 12.1. The Hall–Kier alpha value is -0.990. The van der Waals surface area contributed by atoms with Crippen LogP contribution in [0, 0.1) is 0 Å². The van der Waals surface area contributed by atoms with Gasteiger partial charge in [-0.2, -0.15) is 0 Å². The van der Waals surface area contributed by atoms with Gasteiger partial charge in [0.15, 0.2) is 0 Å². The number of ether oxygens (including phenoxy) is 3. The van der Waals surface area contributed by atoms with E-state index in [-0.39, 0.29) is 6.61 Å². The van der Waals surface area contributed by atoms with Gasteiger partial charge in [0.25, 0.3) is 0 Å². The predicted molar refractivity (Wildman–Crippen MR) is 71.6 cm³/mol. The third-order valence-corrected chi connectivity index (χ3v) is 3.36. The monoisotopic (exact) mass is 320 g/mol. The second kappa shape index (κ2) is 7.33. The van der Waals surface area contributed by atoms with Crippen LogP contribution in [0.15, 0.2) is 24.3 Å². The molecule has 4 atom stereocenters. The molecule has 0 saturated carbocycles. The highest BCUT2D eigenvalue weighted by molar-refractivity contribution is 7.39. The summed E-state index contributed by atoms with van der Waals surface area (Å²) in [6.45, 7) is -0.264. The van der Waals surface area contributed by atoms with Crippen LogP contribution in [0.2, 0.25) is 0 Å². The zero-order chi connectivity index (χ0) is 15.4. The number of hydrogen-bond acceptors (Lipinski definition) is 8. The summed E-state index contributed by atoms with van der Waals surface area (Å²) in [7, 11) is -1.01. The van der Waals surface area contributed by atoms with Crippen LogP contribution >= 0.6 is 8.60 Å². The molecule has 8 nitrogen and oxygen atoms in total. The number of methoxy groups -OCH3 is 1. The molecule has 1 fully saturated rings. The molecule has 0 radical (unpaired) electrons. The number of hydrogen-bond donors (Lipinski definition) is 4. The molecule has 0 bridgehead atoms. The number of benzene rings is 1. The van der Waals surface area contributed by atoms with Crippen LogP contribution in [0.3, 0.4) is 0 Å². The molecular formula is C12H17O8P. The molecule has 118 valence electrons. The molecular weight excluding hydrogens is 303 g/mol. The van der Waals surface area contributed by atoms with Gasteiger partial charge in [-0.1, -0.05) is 0 Å². The van der Waals surface area contributed by atoms with Crippen molar-refractivity contribution < 1.29 is 38.7 Å². The molecule has 0 amide bonds. The molecule has 0 aliphatic carbocycles. The Labute approximate surface area is 122 Å². The molecule has 9 heteroatoms. The van der Waals surface area contributed by atoms with Crippen LogP contribution in [-0.4, -0.2) is 58.3 Å². The lowest BCUT2D eigenvalue weighted by atomic mass is 10.1. The quantitative estimate of drug-likeness (QED) is 0.530. The predicted octanol–water partition coefficient (Wildman–Crippen LogP) is -0.251. The van der Waals surface area contributed by atoms with Gasteiger partial charge in [-0.3, -0.25) is 0 Å². The van der Waals surface area contributed by atoms with Crippen LogP contribution < -0.4 is 9.47 Å². The summed E-state index contributed by atoms with van der Waals surface area (Å²) in [5.74, 6) is 1.08. The lowest BCUT2D eigenvalue weighted by Crippen LogP contribution is -2.35. The second-order valence-electron chi connectivity index (χ2n) is 4.37. The average Bonchev–Trinajstić information content (AvgIpc) is 2.74. The Balaban J connectivity index is 1.93. The van der Waals surface area contributed by atoms with Crippen LogP contribution in [0.1, 0.15) is 0 Å². The van der Waals surface area contributed by atoms with Crippen molar-refractivity contribution in [3.63, 3.8) is 0 Å². The van der Waals surface area contributed by atoms with E-state index in [0.29, 0.717) is 11.5 Å². The van der Waals surface area contributed by atoms with Gasteiger partial charge in [-0.25, -0.2) is 0 Å². The van der Waals surface area contributed by atoms with Gasteiger partial charge < -0.3 is 38.7 Å². The van der Waals surface area contributed by atoms with Crippen molar-refractivity contribution in [3.8, 4) is 11.5 Å². The number of aliphatic hydroxyl groups is 2. The highest BCUT2D eigenvalue weighted by Crippen LogP contribution is 2.30. The van der Waals surface area contributed by atoms with E-state index >= 15 is 0 Å². The van der Waals surface area contributed by atoms with E-state index in [2.05, 4.69) is 4.52 Å². The minimum atomic E-state index is -2.55. The lowest BCUT2D eigenvalue weighted by Gasteiger charge is -2.17. The summed E-state index contributed by atoms with van der Waals surface area (Å²) in [5, 5.41) is 19.6. The van der Waals surface area contributed by atoms with Gasteiger partial charge in [0.2, 0.25) is 6.29 Å². The van der Waals surface area contributed by atoms with Crippen molar-refractivity contribution in [1.29, 1.82) is 0 Å². The fourth-order valence-electron chi connectivity index (χ4n) is 1.88. The Morgan fingerprint density at radius 2 is 1.71 bits per heavy atom. The first kappa shape index (κ1) is 16.4. The summed E-state index contributed by atoms with van der Waals surface area (Å²) < 4.78 is 20.3. The van der Waals surface area contributed by atoms with Gasteiger partial charge >= 0.3 is 8.60 Å². The minimum Gasteiger partial charge on any atom is -0.497 e. The summed E-state index contributed by atoms with van der Waals surface area (Å²) >= 11 is 0. The van der Waals surface area contributed by atoms with E-state index in [1.807, 2.05) is 0 Å². The number of rotatable bonds is 6. The normalized spacial score (nSPS) is 28.9.